The number of benzene rings is 1. The lowest BCUT2D eigenvalue weighted by Gasteiger charge is -2.31. The van der Waals surface area contributed by atoms with Crippen LogP contribution in [0.4, 0.5) is 4.39 Å². The van der Waals surface area contributed by atoms with E-state index in [0.29, 0.717) is 24.6 Å². The fraction of sp³-hybridized carbons (Fsp3) is 0.562. The van der Waals surface area contributed by atoms with E-state index in [9.17, 15) is 9.18 Å². The lowest BCUT2D eigenvalue weighted by molar-refractivity contribution is -0.126. The van der Waals surface area contributed by atoms with E-state index >= 15 is 0 Å². The van der Waals surface area contributed by atoms with Crippen LogP contribution in [0, 0.1) is 17.7 Å². The molecule has 2 N–H and O–H groups in total. The first-order chi connectivity index (χ1) is 9.97. The fourth-order valence-corrected chi connectivity index (χ4v) is 2.43. The Morgan fingerprint density at radius 3 is 2.57 bits per heavy atom. The van der Waals surface area contributed by atoms with Crippen molar-refractivity contribution in [2.45, 2.75) is 20.0 Å². The first-order valence-electron chi connectivity index (χ1n) is 7.38. The predicted molar refractivity (Wildman–Crippen MR) is 95.7 cm³/mol. The summed E-state index contributed by atoms with van der Waals surface area (Å²) in [5.41, 5.74) is 1.59. The molecule has 1 amide bonds. The second kappa shape index (κ2) is 10.1. The number of hydrogen-bond acceptors (Lipinski definition) is 3. The third-order valence-electron chi connectivity index (χ3n) is 4.00. The largest absolute Gasteiger partial charge is 0.352 e. The van der Waals surface area contributed by atoms with Crippen molar-refractivity contribution < 1.29 is 9.18 Å². The standard InChI is InChI=1S/C16H24FN3O.2ClH/c1-11(14-8-18-9-14)16(21)19-7-12-4-5-15(17)13(6-12)10-20(2)3;;/h4-6,11,14,18H,7-10H2,1-3H3,(H,19,21);2*1H. The Kier molecular flexibility index (Phi) is 9.70. The Hall–Kier alpha value is -0.880. The minimum Gasteiger partial charge on any atom is -0.352 e. The summed E-state index contributed by atoms with van der Waals surface area (Å²) in [6, 6.07) is 5.02. The molecule has 7 heteroatoms. The number of hydrogen-bond donors (Lipinski definition) is 2. The molecule has 23 heavy (non-hydrogen) atoms. The zero-order valence-corrected chi connectivity index (χ0v) is 15.4. The number of carbonyl (C=O) groups is 1. The maximum absolute atomic E-state index is 13.7. The average Bonchev–Trinajstić information content (AvgIpc) is 2.36. The molecule has 0 aromatic heterocycles. The van der Waals surface area contributed by atoms with Crippen molar-refractivity contribution in [2.75, 3.05) is 27.2 Å². The number of rotatable bonds is 6. The fourth-order valence-electron chi connectivity index (χ4n) is 2.43. The molecule has 1 unspecified atom stereocenters. The summed E-state index contributed by atoms with van der Waals surface area (Å²) in [5.74, 6) is 0.322. The van der Waals surface area contributed by atoms with Gasteiger partial charge in [0.2, 0.25) is 5.91 Å². The van der Waals surface area contributed by atoms with E-state index in [-0.39, 0.29) is 42.5 Å². The van der Waals surface area contributed by atoms with Gasteiger partial charge in [-0.1, -0.05) is 13.0 Å². The average molecular weight is 366 g/mol. The monoisotopic (exact) mass is 365 g/mol. The van der Waals surface area contributed by atoms with Crippen molar-refractivity contribution in [1.82, 2.24) is 15.5 Å². The Labute approximate surface area is 150 Å². The first kappa shape index (κ1) is 22.1. The van der Waals surface area contributed by atoms with Gasteiger partial charge in [0.1, 0.15) is 5.82 Å². The van der Waals surface area contributed by atoms with Gasteiger partial charge in [0.05, 0.1) is 0 Å². The molecule has 0 spiro atoms. The molecule has 0 aliphatic carbocycles. The number of halogens is 3. The predicted octanol–water partition coefficient (Wildman–Crippen LogP) is 2.20. The summed E-state index contributed by atoms with van der Waals surface area (Å²) in [7, 11) is 3.81. The molecule has 1 fully saturated rings. The number of carbonyl (C=O) groups excluding carboxylic acids is 1. The Balaban J connectivity index is 0.00000242. The smallest absolute Gasteiger partial charge is 0.223 e. The van der Waals surface area contributed by atoms with E-state index in [2.05, 4.69) is 10.6 Å². The first-order valence-corrected chi connectivity index (χ1v) is 7.38. The number of nitrogens with one attached hydrogen (secondary N) is 2. The van der Waals surface area contributed by atoms with Crippen LogP contribution in [0.2, 0.25) is 0 Å². The van der Waals surface area contributed by atoms with Gasteiger partial charge in [-0.3, -0.25) is 4.79 Å². The van der Waals surface area contributed by atoms with Crippen LogP contribution in [0.15, 0.2) is 18.2 Å². The van der Waals surface area contributed by atoms with Gasteiger partial charge in [-0.2, -0.15) is 0 Å². The van der Waals surface area contributed by atoms with Crippen molar-refractivity contribution in [1.29, 1.82) is 0 Å². The number of amides is 1. The summed E-state index contributed by atoms with van der Waals surface area (Å²) < 4.78 is 13.7. The second-order valence-corrected chi connectivity index (χ2v) is 6.09. The van der Waals surface area contributed by atoms with Crippen molar-refractivity contribution >= 4 is 30.7 Å². The van der Waals surface area contributed by atoms with E-state index in [0.717, 1.165) is 18.7 Å². The highest BCUT2D eigenvalue weighted by molar-refractivity contribution is 5.85. The highest BCUT2D eigenvalue weighted by Crippen LogP contribution is 2.16. The van der Waals surface area contributed by atoms with Crippen LogP contribution in [0.3, 0.4) is 0 Å². The summed E-state index contributed by atoms with van der Waals surface area (Å²) in [6.07, 6.45) is 0. The quantitative estimate of drug-likeness (QED) is 0.812. The van der Waals surface area contributed by atoms with Crippen LogP contribution in [0.25, 0.3) is 0 Å². The van der Waals surface area contributed by atoms with Crippen molar-refractivity contribution in [2.24, 2.45) is 11.8 Å². The maximum Gasteiger partial charge on any atom is 0.223 e. The summed E-state index contributed by atoms with van der Waals surface area (Å²) >= 11 is 0. The van der Waals surface area contributed by atoms with E-state index in [1.807, 2.05) is 32.0 Å². The lowest BCUT2D eigenvalue weighted by atomic mass is 9.88. The molecule has 1 saturated heterocycles. The zero-order valence-electron chi connectivity index (χ0n) is 13.8. The zero-order chi connectivity index (χ0) is 15.4. The number of nitrogens with zero attached hydrogens (tertiary/aromatic N) is 1. The van der Waals surface area contributed by atoms with E-state index < -0.39 is 0 Å². The molecular weight excluding hydrogens is 340 g/mol. The highest BCUT2D eigenvalue weighted by atomic mass is 35.5. The molecule has 1 atom stereocenters. The minimum absolute atomic E-state index is 0. The van der Waals surface area contributed by atoms with Crippen molar-refractivity contribution in [3.63, 3.8) is 0 Å². The molecule has 4 nitrogen and oxygen atoms in total. The topological polar surface area (TPSA) is 44.4 Å². The summed E-state index contributed by atoms with van der Waals surface area (Å²) in [6.45, 7) is 4.79. The third kappa shape index (κ3) is 6.26. The van der Waals surface area contributed by atoms with Gasteiger partial charge in [0.25, 0.3) is 0 Å². The summed E-state index contributed by atoms with van der Waals surface area (Å²) in [5, 5.41) is 6.12. The van der Waals surface area contributed by atoms with Gasteiger partial charge < -0.3 is 15.5 Å². The lowest BCUT2D eigenvalue weighted by Crippen LogP contribution is -2.49. The molecule has 1 aliphatic heterocycles. The summed E-state index contributed by atoms with van der Waals surface area (Å²) in [4.78, 5) is 14.0. The van der Waals surface area contributed by atoms with Crippen molar-refractivity contribution in [3.8, 4) is 0 Å². The van der Waals surface area contributed by atoms with Crippen molar-refractivity contribution in [3.05, 3.63) is 35.1 Å². The van der Waals surface area contributed by atoms with Crippen LogP contribution in [-0.4, -0.2) is 38.0 Å². The van der Waals surface area contributed by atoms with Gasteiger partial charge in [-0.15, -0.1) is 24.8 Å². The van der Waals surface area contributed by atoms with Gasteiger partial charge in [-0.25, -0.2) is 4.39 Å². The van der Waals surface area contributed by atoms with E-state index in [4.69, 9.17) is 0 Å². The van der Waals surface area contributed by atoms with Gasteiger partial charge in [0, 0.05) is 24.6 Å². The van der Waals surface area contributed by atoms with Gasteiger partial charge >= 0.3 is 0 Å². The minimum atomic E-state index is -0.201. The Morgan fingerprint density at radius 1 is 1.39 bits per heavy atom. The molecule has 132 valence electrons. The maximum atomic E-state index is 13.7. The molecule has 1 heterocycles. The molecule has 0 bridgehead atoms. The third-order valence-corrected chi connectivity index (χ3v) is 4.00. The molecule has 0 saturated carbocycles. The van der Waals surface area contributed by atoms with E-state index in [1.54, 1.807) is 6.07 Å². The van der Waals surface area contributed by atoms with Crippen LogP contribution in [-0.2, 0) is 17.9 Å². The second-order valence-electron chi connectivity index (χ2n) is 6.09. The molecular formula is C16H26Cl2FN3O. The Morgan fingerprint density at radius 2 is 2.04 bits per heavy atom. The van der Waals surface area contributed by atoms with Crippen LogP contribution in [0.5, 0.6) is 0 Å². The SMILES string of the molecule is CC(C(=O)NCc1ccc(F)c(CN(C)C)c1)C1CNC1.Cl.Cl. The normalized spacial score (nSPS) is 15.2. The van der Waals surface area contributed by atoms with Crippen LogP contribution < -0.4 is 10.6 Å². The van der Waals surface area contributed by atoms with Crippen LogP contribution in [0.1, 0.15) is 18.1 Å². The van der Waals surface area contributed by atoms with Gasteiger partial charge in [-0.05, 0) is 50.8 Å². The molecule has 1 aliphatic rings. The Bertz CT molecular complexity index is 510. The molecule has 1 aromatic rings. The highest BCUT2D eigenvalue weighted by Gasteiger charge is 2.28. The molecule has 1 aromatic carbocycles. The van der Waals surface area contributed by atoms with Gasteiger partial charge in [0.15, 0.2) is 0 Å². The van der Waals surface area contributed by atoms with E-state index in [1.165, 1.54) is 6.07 Å². The van der Waals surface area contributed by atoms with Crippen LogP contribution >= 0.6 is 24.8 Å². The molecule has 0 radical (unpaired) electrons. The molecule has 2 rings (SSSR count).